The summed E-state index contributed by atoms with van der Waals surface area (Å²) in [7, 11) is 0. The second kappa shape index (κ2) is 6.87. The maximum atomic E-state index is 13.2. The van der Waals surface area contributed by atoms with Crippen molar-refractivity contribution in [1.82, 2.24) is 5.48 Å². The number of nitrogens with one attached hydrogen (secondary N) is 1. The molecule has 0 radical (unpaired) electrons. The molecule has 1 unspecified atom stereocenters. The molecule has 0 aliphatic heterocycles. The minimum atomic E-state index is -0.847. The largest absolute Gasteiger partial charge is 0.403 e. The molecule has 19 heavy (non-hydrogen) atoms. The zero-order chi connectivity index (χ0) is 13.5. The molecule has 0 heterocycles. The molecule has 0 amide bonds. The van der Waals surface area contributed by atoms with Gasteiger partial charge in [0.25, 0.3) is 0 Å². The average molecular weight is 261 g/mol. The molecule has 0 aliphatic rings. The summed E-state index contributed by atoms with van der Waals surface area (Å²) in [4.78, 5) is 5.01. The van der Waals surface area contributed by atoms with Crippen LogP contribution < -0.4 is 10.3 Å². The van der Waals surface area contributed by atoms with Crippen LogP contribution in [0.2, 0.25) is 0 Å². The van der Waals surface area contributed by atoms with E-state index in [1.807, 2.05) is 30.3 Å². The molecule has 1 atom stereocenters. The third-order valence-corrected chi connectivity index (χ3v) is 2.69. The maximum absolute atomic E-state index is 13.2. The SMILES string of the molecule is OC(CCc1ccccc1)NOc1ccccc1F. The molecule has 0 aliphatic carbocycles. The molecule has 0 aromatic heterocycles. The Balaban J connectivity index is 1.76. The Morgan fingerprint density at radius 3 is 2.47 bits per heavy atom. The van der Waals surface area contributed by atoms with Gasteiger partial charge in [0.05, 0.1) is 0 Å². The monoisotopic (exact) mass is 261 g/mol. The number of halogens is 1. The van der Waals surface area contributed by atoms with Crippen molar-refractivity contribution < 1.29 is 14.3 Å². The first-order chi connectivity index (χ1) is 9.25. The Hall–Kier alpha value is -1.91. The predicted octanol–water partition coefficient (Wildman–Crippen LogP) is 2.66. The Morgan fingerprint density at radius 2 is 1.74 bits per heavy atom. The van der Waals surface area contributed by atoms with E-state index in [1.54, 1.807) is 12.1 Å². The molecule has 0 fully saturated rings. The number of benzene rings is 2. The smallest absolute Gasteiger partial charge is 0.182 e. The van der Waals surface area contributed by atoms with Gasteiger partial charge in [0.2, 0.25) is 0 Å². The van der Waals surface area contributed by atoms with E-state index in [2.05, 4.69) is 5.48 Å². The Labute approximate surface area is 111 Å². The second-order valence-corrected chi connectivity index (χ2v) is 4.19. The number of hydrogen-bond acceptors (Lipinski definition) is 3. The van der Waals surface area contributed by atoms with Crippen LogP contribution in [0.25, 0.3) is 0 Å². The summed E-state index contributed by atoms with van der Waals surface area (Å²) < 4.78 is 13.2. The van der Waals surface area contributed by atoms with Crippen LogP contribution in [0.4, 0.5) is 4.39 Å². The second-order valence-electron chi connectivity index (χ2n) is 4.19. The summed E-state index contributed by atoms with van der Waals surface area (Å²) in [5.41, 5.74) is 3.56. The van der Waals surface area contributed by atoms with E-state index < -0.39 is 12.0 Å². The highest BCUT2D eigenvalue weighted by Crippen LogP contribution is 2.14. The van der Waals surface area contributed by atoms with Gasteiger partial charge in [-0.3, -0.25) is 0 Å². The number of rotatable bonds is 6. The van der Waals surface area contributed by atoms with Crippen molar-refractivity contribution in [2.45, 2.75) is 19.1 Å². The van der Waals surface area contributed by atoms with Crippen LogP contribution in [-0.2, 0) is 6.42 Å². The summed E-state index contributed by atoms with van der Waals surface area (Å²) in [6.07, 6.45) is 0.355. The first-order valence-electron chi connectivity index (χ1n) is 6.14. The third-order valence-electron chi connectivity index (χ3n) is 2.69. The molecule has 0 saturated heterocycles. The van der Waals surface area contributed by atoms with Crippen molar-refractivity contribution in [1.29, 1.82) is 0 Å². The van der Waals surface area contributed by atoms with Crippen LogP contribution in [0.3, 0.4) is 0 Å². The molecule has 2 rings (SSSR count). The predicted molar refractivity (Wildman–Crippen MR) is 70.9 cm³/mol. The Kier molecular flexibility index (Phi) is 4.89. The summed E-state index contributed by atoms with van der Waals surface area (Å²) in [6, 6.07) is 15.9. The maximum Gasteiger partial charge on any atom is 0.182 e. The number of hydrogen-bond donors (Lipinski definition) is 2. The first kappa shape index (κ1) is 13.5. The molecular formula is C15H16FNO2. The van der Waals surface area contributed by atoms with Gasteiger partial charge in [-0.15, -0.1) is 5.48 Å². The standard InChI is InChI=1S/C15H16FNO2/c16-13-8-4-5-9-14(13)19-17-15(18)11-10-12-6-2-1-3-7-12/h1-9,15,17-18H,10-11H2. The van der Waals surface area contributed by atoms with E-state index in [0.717, 1.165) is 12.0 Å². The molecule has 2 aromatic rings. The van der Waals surface area contributed by atoms with Crippen LogP contribution in [-0.4, -0.2) is 11.3 Å². The topological polar surface area (TPSA) is 41.5 Å². The van der Waals surface area contributed by atoms with E-state index in [-0.39, 0.29) is 5.75 Å². The zero-order valence-corrected chi connectivity index (χ0v) is 10.4. The lowest BCUT2D eigenvalue weighted by Gasteiger charge is -2.13. The molecular weight excluding hydrogens is 245 g/mol. The third kappa shape index (κ3) is 4.35. The normalized spacial score (nSPS) is 12.1. The van der Waals surface area contributed by atoms with Gasteiger partial charge in [-0.2, -0.15) is 0 Å². The van der Waals surface area contributed by atoms with Crippen molar-refractivity contribution in [3.05, 3.63) is 66.0 Å². The van der Waals surface area contributed by atoms with Gasteiger partial charge in [0.15, 0.2) is 11.6 Å². The fraction of sp³-hybridized carbons (Fsp3) is 0.200. The van der Waals surface area contributed by atoms with Crippen LogP contribution >= 0.6 is 0 Å². The van der Waals surface area contributed by atoms with Gasteiger partial charge >= 0.3 is 0 Å². The van der Waals surface area contributed by atoms with Gasteiger partial charge < -0.3 is 9.94 Å². The number of aliphatic hydroxyl groups is 1. The van der Waals surface area contributed by atoms with Crippen molar-refractivity contribution in [2.24, 2.45) is 0 Å². The molecule has 2 N–H and O–H groups in total. The lowest BCUT2D eigenvalue weighted by Crippen LogP contribution is -2.32. The summed E-state index contributed by atoms with van der Waals surface area (Å²) in [5.74, 6) is -0.397. The molecule has 0 spiro atoms. The van der Waals surface area contributed by atoms with E-state index in [0.29, 0.717) is 6.42 Å². The zero-order valence-electron chi connectivity index (χ0n) is 10.4. The van der Waals surface area contributed by atoms with Crippen LogP contribution in [0.15, 0.2) is 54.6 Å². The van der Waals surface area contributed by atoms with Crippen molar-refractivity contribution >= 4 is 0 Å². The minimum absolute atomic E-state index is 0.0706. The molecule has 3 nitrogen and oxygen atoms in total. The summed E-state index contributed by atoms with van der Waals surface area (Å²) >= 11 is 0. The molecule has 0 saturated carbocycles. The molecule has 0 bridgehead atoms. The van der Waals surface area contributed by atoms with Crippen molar-refractivity contribution in [2.75, 3.05) is 0 Å². The van der Waals surface area contributed by atoms with E-state index >= 15 is 0 Å². The van der Waals surface area contributed by atoms with Gasteiger partial charge in [-0.25, -0.2) is 4.39 Å². The molecule has 2 aromatic carbocycles. The van der Waals surface area contributed by atoms with Crippen LogP contribution in [0.1, 0.15) is 12.0 Å². The number of aliphatic hydroxyl groups excluding tert-OH is 1. The van der Waals surface area contributed by atoms with E-state index in [4.69, 9.17) is 4.84 Å². The Bertz CT molecular complexity index is 505. The number of hydroxylamine groups is 1. The number of aryl methyl sites for hydroxylation is 1. The van der Waals surface area contributed by atoms with Gasteiger partial charge in [0, 0.05) is 0 Å². The highest BCUT2D eigenvalue weighted by molar-refractivity contribution is 5.23. The lowest BCUT2D eigenvalue weighted by atomic mass is 10.1. The van der Waals surface area contributed by atoms with E-state index in [9.17, 15) is 9.50 Å². The average Bonchev–Trinajstić information content (AvgIpc) is 2.45. The Morgan fingerprint density at radius 1 is 1.05 bits per heavy atom. The van der Waals surface area contributed by atoms with Gasteiger partial charge in [0.1, 0.15) is 6.23 Å². The fourth-order valence-electron chi connectivity index (χ4n) is 1.67. The van der Waals surface area contributed by atoms with Gasteiger partial charge in [-0.1, -0.05) is 42.5 Å². The summed E-state index contributed by atoms with van der Waals surface area (Å²) in [5, 5.41) is 9.70. The van der Waals surface area contributed by atoms with Crippen molar-refractivity contribution in [3.8, 4) is 5.75 Å². The lowest BCUT2D eigenvalue weighted by molar-refractivity contribution is 0.0132. The van der Waals surface area contributed by atoms with E-state index in [1.165, 1.54) is 12.1 Å². The minimum Gasteiger partial charge on any atom is -0.403 e. The highest BCUT2D eigenvalue weighted by Gasteiger charge is 2.07. The van der Waals surface area contributed by atoms with Crippen molar-refractivity contribution in [3.63, 3.8) is 0 Å². The van der Waals surface area contributed by atoms with Gasteiger partial charge in [-0.05, 0) is 30.5 Å². The highest BCUT2D eigenvalue weighted by atomic mass is 19.1. The number of para-hydroxylation sites is 1. The molecule has 4 heteroatoms. The molecule has 100 valence electrons. The van der Waals surface area contributed by atoms with Crippen LogP contribution in [0, 0.1) is 5.82 Å². The van der Waals surface area contributed by atoms with Crippen LogP contribution in [0.5, 0.6) is 5.75 Å². The summed E-state index contributed by atoms with van der Waals surface area (Å²) in [6.45, 7) is 0. The quantitative estimate of drug-likeness (QED) is 0.620. The first-order valence-corrected chi connectivity index (χ1v) is 6.14. The fourth-order valence-corrected chi connectivity index (χ4v) is 1.67.